The van der Waals surface area contributed by atoms with Crippen LogP contribution in [0.2, 0.25) is 0 Å². The van der Waals surface area contributed by atoms with E-state index in [1.807, 2.05) is 35.6 Å². The Labute approximate surface area is 339 Å². The average Bonchev–Trinajstić information content (AvgIpc) is 3.78. The molecule has 0 bridgehead atoms. The number of hydrogen-bond acceptors (Lipinski definition) is 14. The highest BCUT2D eigenvalue weighted by molar-refractivity contribution is 6.23. The standard InChI is InChI=1S/C42H46N8O9/c1-47-22-33(29-11-12-43-18-32(29)40(47)53)25-15-36(56-2)34(37(16-25)57-3)23-48-20-28(21-48)59-24-26-19-49(46-45-26)13-5-4-6-14-58-27-7-8-30-31(17-27)42(55)50(41(30)54)35-9-10-38(51)44-39(35)52/h7-8,11-12,15-19,22,28,35,45-46H,4-6,9-10,13-14,20-21,23-24H2,1-3H3,(H,44,51,52). The Morgan fingerprint density at radius 2 is 1.66 bits per heavy atom. The number of carbonyl (C=O) groups excluding carboxylic acids is 4. The van der Waals surface area contributed by atoms with Crippen LogP contribution in [0.5, 0.6) is 17.2 Å². The Balaban J connectivity index is 0.753. The van der Waals surface area contributed by atoms with Crippen molar-refractivity contribution in [2.45, 2.75) is 50.8 Å². The van der Waals surface area contributed by atoms with Gasteiger partial charge in [0.2, 0.25) is 11.8 Å². The number of hydrogen-bond donors (Lipinski definition) is 3. The molecule has 4 aromatic rings. The number of fused-ring (bicyclic) bond motifs is 2. The summed E-state index contributed by atoms with van der Waals surface area (Å²) in [6.45, 7) is 3.82. The van der Waals surface area contributed by atoms with E-state index in [9.17, 15) is 24.0 Å². The molecular weight excluding hydrogens is 761 g/mol. The second kappa shape index (κ2) is 16.9. The second-order valence-corrected chi connectivity index (χ2v) is 15.0. The number of likely N-dealkylation sites (tertiary alicyclic amines) is 1. The van der Waals surface area contributed by atoms with Gasteiger partial charge in [0, 0.05) is 70.0 Å². The zero-order valence-electron chi connectivity index (χ0n) is 33.1. The van der Waals surface area contributed by atoms with Gasteiger partial charge in [0.05, 0.1) is 61.3 Å². The van der Waals surface area contributed by atoms with E-state index >= 15 is 0 Å². The minimum Gasteiger partial charge on any atom is -0.496 e. The fourth-order valence-corrected chi connectivity index (χ4v) is 7.91. The molecule has 3 N–H and O–H groups in total. The van der Waals surface area contributed by atoms with Gasteiger partial charge in [-0.3, -0.25) is 49.1 Å². The molecule has 2 fully saturated rings. The first-order chi connectivity index (χ1) is 28.6. The van der Waals surface area contributed by atoms with Gasteiger partial charge >= 0.3 is 0 Å². The van der Waals surface area contributed by atoms with Crippen LogP contribution in [0.3, 0.4) is 0 Å². The van der Waals surface area contributed by atoms with Crippen LogP contribution in [0.25, 0.3) is 21.9 Å². The zero-order valence-corrected chi connectivity index (χ0v) is 33.1. The number of pyridine rings is 2. The van der Waals surface area contributed by atoms with E-state index in [2.05, 4.69) is 26.2 Å². The van der Waals surface area contributed by atoms with Crippen LogP contribution in [-0.4, -0.2) is 107 Å². The number of imide groups is 2. The van der Waals surface area contributed by atoms with Crippen molar-refractivity contribution < 1.29 is 38.1 Å². The molecule has 2 aromatic heterocycles. The molecule has 0 aliphatic carbocycles. The topological polar surface area (TPSA) is 186 Å². The van der Waals surface area contributed by atoms with Crippen molar-refractivity contribution in [3.8, 4) is 28.4 Å². The van der Waals surface area contributed by atoms with Crippen LogP contribution in [0.4, 0.5) is 0 Å². The number of nitrogens with zero attached hydrogens (tertiary/aromatic N) is 5. The maximum atomic E-state index is 13.1. The fourth-order valence-electron chi connectivity index (χ4n) is 7.91. The largest absolute Gasteiger partial charge is 0.496 e. The molecule has 4 aliphatic rings. The number of methoxy groups -OCH3 is 2. The van der Waals surface area contributed by atoms with Crippen molar-refractivity contribution in [3.63, 3.8) is 0 Å². The van der Waals surface area contributed by atoms with E-state index in [0.29, 0.717) is 42.4 Å². The van der Waals surface area contributed by atoms with Crippen LogP contribution in [0.15, 0.2) is 71.7 Å². The van der Waals surface area contributed by atoms with Crippen molar-refractivity contribution in [3.05, 3.63) is 93.9 Å². The Bertz CT molecular complexity index is 2380. The molecule has 2 saturated heterocycles. The number of hydrazine groups is 2. The zero-order chi connectivity index (χ0) is 41.2. The third-order valence-electron chi connectivity index (χ3n) is 11.1. The molecule has 17 heteroatoms. The minimum absolute atomic E-state index is 0.0703. The number of amides is 4. The van der Waals surface area contributed by atoms with Crippen LogP contribution in [-0.2, 0) is 27.9 Å². The highest BCUT2D eigenvalue weighted by Gasteiger charge is 2.44. The quantitative estimate of drug-likeness (QED) is 0.111. The summed E-state index contributed by atoms with van der Waals surface area (Å²) in [7, 11) is 5.03. The summed E-state index contributed by atoms with van der Waals surface area (Å²) in [6.07, 6.45) is 9.99. The molecule has 1 unspecified atom stereocenters. The van der Waals surface area contributed by atoms with Gasteiger partial charge < -0.3 is 28.9 Å². The third-order valence-corrected chi connectivity index (χ3v) is 11.1. The predicted molar refractivity (Wildman–Crippen MR) is 214 cm³/mol. The molecule has 4 aliphatic heterocycles. The lowest BCUT2D eigenvalue weighted by Gasteiger charge is -2.39. The molecule has 4 amide bonds. The van der Waals surface area contributed by atoms with Gasteiger partial charge in [0.25, 0.3) is 17.4 Å². The summed E-state index contributed by atoms with van der Waals surface area (Å²) >= 11 is 0. The lowest BCUT2D eigenvalue weighted by Crippen LogP contribution is -2.54. The number of aromatic nitrogens is 2. The van der Waals surface area contributed by atoms with Crippen molar-refractivity contribution in [2.24, 2.45) is 7.05 Å². The van der Waals surface area contributed by atoms with Gasteiger partial charge in [0.1, 0.15) is 23.3 Å². The number of aryl methyl sites for hydroxylation is 1. The van der Waals surface area contributed by atoms with E-state index in [0.717, 1.165) is 71.6 Å². The number of nitrogens with one attached hydrogen (secondary N) is 3. The van der Waals surface area contributed by atoms with Crippen molar-refractivity contribution >= 4 is 34.4 Å². The summed E-state index contributed by atoms with van der Waals surface area (Å²) in [4.78, 5) is 70.0. The molecular formula is C42H46N8O9. The molecule has 0 saturated carbocycles. The smallest absolute Gasteiger partial charge is 0.262 e. The summed E-state index contributed by atoms with van der Waals surface area (Å²) in [5.74, 6) is -0.265. The first kappa shape index (κ1) is 39.5. The third kappa shape index (κ3) is 8.08. The van der Waals surface area contributed by atoms with E-state index in [4.69, 9.17) is 18.9 Å². The van der Waals surface area contributed by atoms with E-state index < -0.39 is 29.7 Å². The van der Waals surface area contributed by atoms with Crippen LogP contribution >= 0.6 is 0 Å². The predicted octanol–water partition coefficient (Wildman–Crippen LogP) is 2.64. The SMILES string of the molecule is COc1cc(-c2cn(C)c(=O)c3cnccc23)cc(OC)c1CN1CC(OCC2=CN(CCCCCOc3ccc4c(c3)C(=O)N(C3CCC(=O)NC3=O)C4=O)NN2)C1. The molecule has 0 radical (unpaired) electrons. The van der Waals surface area contributed by atoms with E-state index in [-0.39, 0.29) is 35.6 Å². The number of ether oxygens (including phenoxy) is 4. The Hall–Kier alpha value is -6.30. The normalized spacial score (nSPS) is 18.2. The highest BCUT2D eigenvalue weighted by atomic mass is 16.5. The van der Waals surface area contributed by atoms with Gasteiger partial charge in [-0.2, -0.15) is 0 Å². The Morgan fingerprint density at radius 3 is 2.42 bits per heavy atom. The van der Waals surface area contributed by atoms with Crippen molar-refractivity contribution in [1.82, 2.24) is 40.6 Å². The fraction of sp³-hybridized carbons (Fsp3) is 0.381. The van der Waals surface area contributed by atoms with Gasteiger partial charge in [-0.15, -0.1) is 5.53 Å². The molecule has 1 atom stereocenters. The van der Waals surface area contributed by atoms with Crippen molar-refractivity contribution in [1.29, 1.82) is 0 Å². The number of rotatable bonds is 16. The van der Waals surface area contributed by atoms with Crippen molar-refractivity contribution in [2.75, 3.05) is 47.1 Å². The number of carbonyl (C=O) groups is 4. The van der Waals surface area contributed by atoms with E-state index in [1.165, 1.54) is 0 Å². The number of benzene rings is 2. The van der Waals surface area contributed by atoms with Gasteiger partial charge in [-0.05, 0) is 73.0 Å². The molecule has 59 heavy (non-hydrogen) atoms. The van der Waals surface area contributed by atoms with E-state index in [1.54, 1.807) is 56.4 Å². The molecule has 0 spiro atoms. The summed E-state index contributed by atoms with van der Waals surface area (Å²) < 4.78 is 25.4. The lowest BCUT2D eigenvalue weighted by molar-refractivity contribution is -0.136. The number of piperidine rings is 1. The average molecular weight is 807 g/mol. The molecule has 2 aromatic carbocycles. The van der Waals surface area contributed by atoms with Crippen LogP contribution in [0, 0.1) is 0 Å². The molecule has 6 heterocycles. The second-order valence-electron chi connectivity index (χ2n) is 15.0. The monoisotopic (exact) mass is 806 g/mol. The maximum absolute atomic E-state index is 13.1. The highest BCUT2D eigenvalue weighted by Crippen LogP contribution is 2.38. The van der Waals surface area contributed by atoms with Gasteiger partial charge in [-0.1, -0.05) is 0 Å². The van der Waals surface area contributed by atoms with Gasteiger partial charge in [-0.25, -0.2) is 0 Å². The van der Waals surface area contributed by atoms with Gasteiger partial charge in [0.15, 0.2) is 0 Å². The Kier molecular flexibility index (Phi) is 11.3. The molecule has 308 valence electrons. The van der Waals surface area contributed by atoms with Crippen LogP contribution in [0.1, 0.15) is 58.4 Å². The maximum Gasteiger partial charge on any atom is 0.262 e. The first-order valence-electron chi connectivity index (χ1n) is 19.6. The Morgan fingerprint density at radius 1 is 0.881 bits per heavy atom. The van der Waals surface area contributed by atoms with Crippen LogP contribution < -0.4 is 36.0 Å². The summed E-state index contributed by atoms with van der Waals surface area (Å²) in [6, 6.07) is 9.57. The number of unbranched alkanes of at least 4 members (excludes halogenated alkanes) is 2. The molecule has 8 rings (SSSR count). The summed E-state index contributed by atoms with van der Waals surface area (Å²) in [5.41, 5.74) is 10.3. The minimum atomic E-state index is -1.00. The summed E-state index contributed by atoms with van der Waals surface area (Å²) in [5, 5.41) is 5.55. The first-order valence-corrected chi connectivity index (χ1v) is 19.6. The molecule has 17 nitrogen and oxygen atoms in total. The lowest BCUT2D eigenvalue weighted by atomic mass is 9.98.